The number of piperidine rings is 1. The number of hydrogen-bond donors (Lipinski definition) is 2. The van der Waals surface area contributed by atoms with Crippen molar-refractivity contribution in [2.45, 2.75) is 51.0 Å². The molecule has 2 aliphatic heterocycles. The van der Waals surface area contributed by atoms with Gasteiger partial charge in [0, 0.05) is 42.9 Å². The number of nitrogens with zero attached hydrogens (tertiary/aromatic N) is 3. The number of halogens is 3. The molecule has 7 nitrogen and oxygen atoms in total. The summed E-state index contributed by atoms with van der Waals surface area (Å²) in [6.45, 7) is 4.34. The number of carbonyl (C=O) groups excluding carboxylic acids is 1. The van der Waals surface area contributed by atoms with E-state index in [-0.39, 0.29) is 11.3 Å². The standard InChI is InChI=1S/C24H30F3N5O2/c1-2-15-3-4-18(30-23(15)33)16-7-10-32(14-16)17-8-11-31(12-9-17)20-6-5-19(29-22(20)27)24(34)28-13-21(25)26/h3-6,16-17,21H,2,7-14H2,1H3,(H,28,34)(H,30,33). The molecule has 34 heavy (non-hydrogen) atoms. The van der Waals surface area contributed by atoms with E-state index in [9.17, 15) is 22.8 Å². The Morgan fingerprint density at radius 3 is 2.59 bits per heavy atom. The van der Waals surface area contributed by atoms with E-state index in [4.69, 9.17) is 0 Å². The smallest absolute Gasteiger partial charge is 0.270 e. The van der Waals surface area contributed by atoms with Gasteiger partial charge >= 0.3 is 0 Å². The number of aryl methyl sites for hydroxylation is 1. The Labute approximate surface area is 196 Å². The van der Waals surface area contributed by atoms with Crippen LogP contribution in [-0.2, 0) is 6.42 Å². The van der Waals surface area contributed by atoms with Crippen LogP contribution in [0.15, 0.2) is 29.1 Å². The summed E-state index contributed by atoms with van der Waals surface area (Å²) < 4.78 is 39.1. The average Bonchev–Trinajstić information content (AvgIpc) is 3.33. The minimum absolute atomic E-state index is 0.0000780. The van der Waals surface area contributed by atoms with Gasteiger partial charge in [-0.2, -0.15) is 4.39 Å². The molecule has 184 valence electrons. The number of nitrogens with one attached hydrogen (secondary N) is 2. The maximum Gasteiger partial charge on any atom is 0.270 e. The molecular formula is C24H30F3N5O2. The molecule has 2 aromatic rings. The minimum atomic E-state index is -2.68. The SMILES string of the molecule is CCc1ccc(C2CCN(C3CCN(c4ccc(C(=O)NCC(F)F)nc4F)CC3)C2)[nH]c1=O. The zero-order chi connectivity index (χ0) is 24.2. The summed E-state index contributed by atoms with van der Waals surface area (Å²) in [5.74, 6) is -1.29. The van der Waals surface area contributed by atoms with E-state index in [1.54, 1.807) is 0 Å². The number of H-pyrrole nitrogens is 1. The third kappa shape index (κ3) is 5.43. The van der Waals surface area contributed by atoms with Crippen LogP contribution in [0.4, 0.5) is 18.9 Å². The number of anilines is 1. The Kier molecular flexibility index (Phi) is 7.55. The van der Waals surface area contributed by atoms with Crippen molar-refractivity contribution in [3.63, 3.8) is 0 Å². The Bertz CT molecular complexity index is 1070. The summed E-state index contributed by atoms with van der Waals surface area (Å²) in [7, 11) is 0. The molecule has 1 unspecified atom stereocenters. The van der Waals surface area contributed by atoms with Gasteiger partial charge in [-0.1, -0.05) is 13.0 Å². The van der Waals surface area contributed by atoms with Crippen LogP contribution in [0.25, 0.3) is 0 Å². The van der Waals surface area contributed by atoms with Gasteiger partial charge in [0.25, 0.3) is 17.9 Å². The third-order valence-corrected chi connectivity index (χ3v) is 6.85. The summed E-state index contributed by atoms with van der Waals surface area (Å²) in [6, 6.07) is 7.19. The molecule has 1 atom stereocenters. The normalized spacial score (nSPS) is 19.7. The van der Waals surface area contributed by atoms with E-state index in [1.165, 1.54) is 12.1 Å². The lowest BCUT2D eigenvalue weighted by atomic mass is 10.0. The molecule has 0 aromatic carbocycles. The van der Waals surface area contributed by atoms with Gasteiger partial charge in [0.1, 0.15) is 5.69 Å². The van der Waals surface area contributed by atoms with Crippen molar-refractivity contribution in [1.29, 1.82) is 0 Å². The van der Waals surface area contributed by atoms with Crippen LogP contribution >= 0.6 is 0 Å². The molecule has 0 saturated carbocycles. The lowest BCUT2D eigenvalue weighted by Gasteiger charge is -2.37. The van der Waals surface area contributed by atoms with Gasteiger partial charge in [0.15, 0.2) is 0 Å². The van der Waals surface area contributed by atoms with Crippen molar-refractivity contribution in [3.8, 4) is 0 Å². The van der Waals surface area contributed by atoms with Gasteiger partial charge in [-0.15, -0.1) is 0 Å². The molecule has 2 aromatic heterocycles. The number of aromatic amines is 1. The predicted octanol–water partition coefficient (Wildman–Crippen LogP) is 2.92. The largest absolute Gasteiger partial charge is 0.368 e. The maximum absolute atomic E-state index is 14.6. The first-order chi connectivity index (χ1) is 16.4. The van der Waals surface area contributed by atoms with Crippen LogP contribution in [0, 0.1) is 5.95 Å². The zero-order valence-electron chi connectivity index (χ0n) is 19.2. The van der Waals surface area contributed by atoms with Gasteiger partial charge in [0.05, 0.1) is 12.2 Å². The summed E-state index contributed by atoms with van der Waals surface area (Å²) in [4.78, 5) is 35.1. The second-order valence-electron chi connectivity index (χ2n) is 8.93. The molecule has 0 radical (unpaired) electrons. The Morgan fingerprint density at radius 2 is 1.94 bits per heavy atom. The number of amides is 1. The van der Waals surface area contributed by atoms with E-state index < -0.39 is 24.8 Å². The number of likely N-dealkylation sites (tertiary alicyclic amines) is 1. The molecule has 10 heteroatoms. The molecule has 4 heterocycles. The van der Waals surface area contributed by atoms with Crippen molar-refractivity contribution in [1.82, 2.24) is 20.2 Å². The molecule has 4 rings (SSSR count). The first-order valence-electron chi connectivity index (χ1n) is 11.8. The Balaban J connectivity index is 1.32. The second kappa shape index (κ2) is 10.6. The minimum Gasteiger partial charge on any atom is -0.368 e. The van der Waals surface area contributed by atoms with Gasteiger partial charge in [-0.3, -0.25) is 14.5 Å². The highest BCUT2D eigenvalue weighted by molar-refractivity contribution is 5.92. The van der Waals surface area contributed by atoms with Crippen molar-refractivity contribution < 1.29 is 18.0 Å². The lowest BCUT2D eigenvalue weighted by Crippen LogP contribution is -2.44. The molecule has 2 fully saturated rings. The van der Waals surface area contributed by atoms with Crippen molar-refractivity contribution >= 4 is 11.6 Å². The Hall–Kier alpha value is -2.88. The van der Waals surface area contributed by atoms with Crippen molar-refractivity contribution in [2.24, 2.45) is 0 Å². The van der Waals surface area contributed by atoms with Crippen LogP contribution in [0.1, 0.15) is 53.8 Å². The molecular weight excluding hydrogens is 447 g/mol. The monoisotopic (exact) mass is 477 g/mol. The second-order valence-corrected chi connectivity index (χ2v) is 8.93. The fourth-order valence-electron chi connectivity index (χ4n) is 4.93. The summed E-state index contributed by atoms with van der Waals surface area (Å²) in [5.41, 5.74) is 1.89. The molecule has 2 saturated heterocycles. The summed E-state index contributed by atoms with van der Waals surface area (Å²) in [5, 5.41) is 2.03. The number of rotatable bonds is 7. The fourth-order valence-corrected chi connectivity index (χ4v) is 4.93. The zero-order valence-corrected chi connectivity index (χ0v) is 19.2. The van der Waals surface area contributed by atoms with Crippen LogP contribution in [0.5, 0.6) is 0 Å². The van der Waals surface area contributed by atoms with Crippen molar-refractivity contribution in [3.05, 3.63) is 57.5 Å². The topological polar surface area (TPSA) is 81.3 Å². The predicted molar refractivity (Wildman–Crippen MR) is 123 cm³/mol. The number of aromatic nitrogens is 2. The summed E-state index contributed by atoms with van der Waals surface area (Å²) in [6.07, 6.45) is 0.775. The van der Waals surface area contributed by atoms with Gasteiger partial charge in [-0.05, 0) is 50.4 Å². The number of carbonyl (C=O) groups is 1. The molecule has 0 aliphatic carbocycles. The maximum atomic E-state index is 14.6. The fraction of sp³-hybridized carbons (Fsp3) is 0.542. The van der Waals surface area contributed by atoms with Crippen LogP contribution in [-0.4, -0.2) is 66.0 Å². The molecule has 0 bridgehead atoms. The van der Waals surface area contributed by atoms with E-state index in [1.807, 2.05) is 29.3 Å². The highest BCUT2D eigenvalue weighted by atomic mass is 19.3. The van der Waals surface area contributed by atoms with E-state index in [2.05, 4.69) is 14.9 Å². The van der Waals surface area contributed by atoms with E-state index in [0.29, 0.717) is 30.7 Å². The highest BCUT2D eigenvalue weighted by Crippen LogP contribution is 2.31. The third-order valence-electron chi connectivity index (χ3n) is 6.85. The van der Waals surface area contributed by atoms with Gasteiger partial charge < -0.3 is 15.2 Å². The number of pyridine rings is 2. The lowest BCUT2D eigenvalue weighted by molar-refractivity contribution is 0.0886. The van der Waals surface area contributed by atoms with Gasteiger partial charge in [0.2, 0.25) is 5.95 Å². The summed E-state index contributed by atoms with van der Waals surface area (Å²) >= 11 is 0. The molecule has 2 aliphatic rings. The van der Waals surface area contributed by atoms with Crippen LogP contribution < -0.4 is 15.8 Å². The van der Waals surface area contributed by atoms with Crippen LogP contribution in [0.2, 0.25) is 0 Å². The number of alkyl halides is 2. The number of hydrogen-bond acceptors (Lipinski definition) is 5. The molecule has 0 spiro atoms. The first kappa shape index (κ1) is 24.3. The van der Waals surface area contributed by atoms with E-state index in [0.717, 1.165) is 50.0 Å². The van der Waals surface area contributed by atoms with Crippen molar-refractivity contribution in [2.75, 3.05) is 37.6 Å². The molecule has 2 N–H and O–H groups in total. The highest BCUT2D eigenvalue weighted by Gasteiger charge is 2.32. The Morgan fingerprint density at radius 1 is 1.18 bits per heavy atom. The van der Waals surface area contributed by atoms with Gasteiger partial charge in [-0.25, -0.2) is 13.8 Å². The quantitative estimate of drug-likeness (QED) is 0.600. The van der Waals surface area contributed by atoms with E-state index >= 15 is 0 Å². The molecule has 1 amide bonds. The van der Waals surface area contributed by atoms with Crippen LogP contribution in [0.3, 0.4) is 0 Å². The average molecular weight is 478 g/mol. The first-order valence-corrected chi connectivity index (χ1v) is 11.8.